The fraction of sp³-hybridized carbons (Fsp3) is 0.433. The molecule has 12 heteroatoms. The number of nitrogens with zero attached hydrogens (tertiary/aromatic N) is 1. The van der Waals surface area contributed by atoms with Gasteiger partial charge in [0, 0.05) is 42.6 Å². The number of hydrogen-bond acceptors (Lipinski definition) is 6. The number of aliphatic carboxylic acids is 2. The third-order valence-electron chi connectivity index (χ3n) is 6.50. The normalized spacial score (nSPS) is 12.3. The molecule has 0 bridgehead atoms. The topological polar surface area (TPSA) is 165 Å². The smallest absolute Gasteiger partial charge is 0.326 e. The molecule has 0 saturated carbocycles. The summed E-state index contributed by atoms with van der Waals surface area (Å²) in [6.45, 7) is 4.50. The van der Waals surface area contributed by atoms with Gasteiger partial charge < -0.3 is 31.0 Å². The molecular weight excluding hydrogens is 655 g/mol. The minimum absolute atomic E-state index is 0.0722. The van der Waals surface area contributed by atoms with Gasteiger partial charge in [0.1, 0.15) is 12.3 Å². The van der Waals surface area contributed by atoms with Crippen molar-refractivity contribution in [2.75, 3.05) is 13.1 Å². The Labute approximate surface area is 259 Å². The first-order valence-corrected chi connectivity index (χ1v) is 14.9. The SMILES string of the molecule is Cc1ccc(CN(CCC(=O)NCCCC[C@@H](C=O)NC(=O)N[C@@H](CCC(=O)O)C(=O)O)Cc2ccc(I)cc2)cc1. The molecule has 0 aromatic heterocycles. The van der Waals surface area contributed by atoms with E-state index in [1.165, 1.54) is 20.3 Å². The van der Waals surface area contributed by atoms with E-state index in [1.807, 2.05) is 6.92 Å². The standard InChI is InChI=1S/C30H39IN4O7/c1-21-5-7-22(8-6-21)18-35(19-23-9-11-24(31)12-10-23)17-15-27(37)32-16-3-2-4-25(20-36)33-30(42)34-26(29(40)41)13-14-28(38)39/h5-12,20,25-26H,2-4,13-19H2,1H3,(H,32,37)(H,38,39)(H,40,41)(H2,33,34,42)/t25-,26-/m0/s1. The molecule has 0 fully saturated rings. The first-order valence-electron chi connectivity index (χ1n) is 13.8. The maximum atomic E-state index is 12.5. The highest BCUT2D eigenvalue weighted by Crippen LogP contribution is 2.13. The Morgan fingerprint density at radius 2 is 1.50 bits per heavy atom. The second kappa shape index (κ2) is 18.8. The van der Waals surface area contributed by atoms with Crippen molar-refractivity contribution in [1.82, 2.24) is 20.9 Å². The van der Waals surface area contributed by atoms with E-state index in [1.54, 1.807) is 0 Å². The molecule has 3 amide bonds. The zero-order chi connectivity index (χ0) is 30.9. The Balaban J connectivity index is 1.74. The maximum Gasteiger partial charge on any atom is 0.326 e. The molecule has 0 aliphatic rings. The largest absolute Gasteiger partial charge is 0.481 e. The van der Waals surface area contributed by atoms with Crippen molar-refractivity contribution in [3.63, 3.8) is 0 Å². The van der Waals surface area contributed by atoms with Crippen LogP contribution in [-0.2, 0) is 32.3 Å². The fourth-order valence-corrected chi connectivity index (χ4v) is 4.51. The van der Waals surface area contributed by atoms with Crippen LogP contribution in [0.3, 0.4) is 0 Å². The monoisotopic (exact) mass is 694 g/mol. The third kappa shape index (κ3) is 14.4. The summed E-state index contributed by atoms with van der Waals surface area (Å²) in [5, 5.41) is 25.3. The average molecular weight is 695 g/mol. The van der Waals surface area contributed by atoms with E-state index >= 15 is 0 Å². The molecule has 0 spiro atoms. The van der Waals surface area contributed by atoms with Gasteiger partial charge in [-0.05, 0) is 78.5 Å². The fourth-order valence-electron chi connectivity index (χ4n) is 4.15. The van der Waals surface area contributed by atoms with Crippen LogP contribution in [0.15, 0.2) is 48.5 Å². The Morgan fingerprint density at radius 3 is 2.07 bits per heavy atom. The second-order valence-corrected chi connectivity index (χ2v) is 11.3. The summed E-state index contributed by atoms with van der Waals surface area (Å²) in [6, 6.07) is 13.6. The molecule has 0 aliphatic carbocycles. The minimum Gasteiger partial charge on any atom is -0.481 e. The Morgan fingerprint density at radius 1 is 0.881 bits per heavy atom. The second-order valence-electron chi connectivity index (χ2n) is 10.1. The maximum absolute atomic E-state index is 12.5. The van der Waals surface area contributed by atoms with Crippen molar-refractivity contribution >= 4 is 52.8 Å². The van der Waals surface area contributed by atoms with Crippen LogP contribution in [0.2, 0.25) is 0 Å². The van der Waals surface area contributed by atoms with Crippen molar-refractivity contribution in [2.24, 2.45) is 0 Å². The zero-order valence-electron chi connectivity index (χ0n) is 23.7. The van der Waals surface area contributed by atoms with Gasteiger partial charge in [-0.1, -0.05) is 42.0 Å². The predicted molar refractivity (Wildman–Crippen MR) is 166 cm³/mol. The van der Waals surface area contributed by atoms with E-state index in [-0.39, 0.29) is 12.3 Å². The van der Waals surface area contributed by atoms with Crippen LogP contribution in [0, 0.1) is 10.5 Å². The summed E-state index contributed by atoms with van der Waals surface area (Å²) in [5.74, 6) is -2.61. The summed E-state index contributed by atoms with van der Waals surface area (Å²) in [5.41, 5.74) is 3.55. The van der Waals surface area contributed by atoms with E-state index in [0.717, 1.165) is 13.1 Å². The molecule has 0 saturated heterocycles. The average Bonchev–Trinajstić information content (AvgIpc) is 2.95. The lowest BCUT2D eigenvalue weighted by Gasteiger charge is -2.22. The molecule has 2 aromatic carbocycles. The molecule has 2 rings (SSSR count). The molecule has 5 N–H and O–H groups in total. The van der Waals surface area contributed by atoms with E-state index in [2.05, 4.69) is 92.0 Å². The Kier molecular flexibility index (Phi) is 15.5. The lowest BCUT2D eigenvalue weighted by Crippen LogP contribution is -2.49. The van der Waals surface area contributed by atoms with Crippen molar-refractivity contribution in [3.05, 3.63) is 68.8 Å². The van der Waals surface area contributed by atoms with Crippen LogP contribution >= 0.6 is 22.6 Å². The molecule has 0 aliphatic heterocycles. The summed E-state index contributed by atoms with van der Waals surface area (Å²) in [4.78, 5) is 60.2. The van der Waals surface area contributed by atoms with Crippen molar-refractivity contribution < 1.29 is 34.2 Å². The number of unbranched alkanes of at least 4 members (excludes halogenated alkanes) is 1. The zero-order valence-corrected chi connectivity index (χ0v) is 25.8. The van der Waals surface area contributed by atoms with Gasteiger partial charge in [0.25, 0.3) is 0 Å². The molecule has 0 radical (unpaired) electrons. The van der Waals surface area contributed by atoms with Gasteiger partial charge in [0.2, 0.25) is 5.91 Å². The third-order valence-corrected chi connectivity index (χ3v) is 7.22. The van der Waals surface area contributed by atoms with Gasteiger partial charge in [0.05, 0.1) is 6.04 Å². The molecule has 42 heavy (non-hydrogen) atoms. The molecule has 0 heterocycles. The van der Waals surface area contributed by atoms with Crippen LogP contribution in [0.5, 0.6) is 0 Å². The summed E-state index contributed by atoms with van der Waals surface area (Å²) in [7, 11) is 0. The van der Waals surface area contributed by atoms with Gasteiger partial charge in [0.15, 0.2) is 0 Å². The number of carboxylic acid groups (broad SMARTS) is 2. The van der Waals surface area contributed by atoms with Gasteiger partial charge in [-0.15, -0.1) is 0 Å². The molecule has 2 atom stereocenters. The molecular formula is C30H39IN4O7. The number of benzene rings is 2. The van der Waals surface area contributed by atoms with E-state index in [4.69, 9.17) is 10.2 Å². The number of carboxylic acids is 2. The number of aldehydes is 1. The summed E-state index contributed by atoms with van der Waals surface area (Å²) in [6.07, 6.45) is 1.63. The lowest BCUT2D eigenvalue weighted by molar-refractivity contribution is -0.140. The van der Waals surface area contributed by atoms with Gasteiger partial charge in [-0.25, -0.2) is 9.59 Å². The number of carbonyl (C=O) groups is 5. The van der Waals surface area contributed by atoms with Gasteiger partial charge in [-0.3, -0.25) is 14.5 Å². The number of halogens is 1. The number of carbonyl (C=O) groups excluding carboxylic acids is 3. The Hall–Kier alpha value is -3.52. The number of aryl methyl sites for hydroxylation is 1. The van der Waals surface area contributed by atoms with Crippen LogP contribution in [0.4, 0.5) is 4.79 Å². The van der Waals surface area contributed by atoms with Crippen molar-refractivity contribution in [3.8, 4) is 0 Å². The van der Waals surface area contributed by atoms with E-state index in [9.17, 15) is 24.0 Å². The number of amides is 3. The highest BCUT2D eigenvalue weighted by molar-refractivity contribution is 14.1. The van der Waals surface area contributed by atoms with Crippen LogP contribution in [0.25, 0.3) is 0 Å². The number of urea groups is 1. The number of hydrogen-bond donors (Lipinski definition) is 5. The quantitative estimate of drug-likeness (QED) is 0.0848. The predicted octanol–water partition coefficient (Wildman–Crippen LogP) is 3.46. The van der Waals surface area contributed by atoms with Crippen LogP contribution in [0.1, 0.15) is 55.2 Å². The molecule has 11 nitrogen and oxygen atoms in total. The van der Waals surface area contributed by atoms with Gasteiger partial charge >= 0.3 is 18.0 Å². The van der Waals surface area contributed by atoms with E-state index < -0.39 is 36.5 Å². The first kappa shape index (κ1) is 34.7. The van der Waals surface area contributed by atoms with Crippen molar-refractivity contribution in [1.29, 1.82) is 0 Å². The lowest BCUT2D eigenvalue weighted by atomic mass is 10.1. The summed E-state index contributed by atoms with van der Waals surface area (Å²) >= 11 is 2.28. The van der Waals surface area contributed by atoms with Crippen LogP contribution in [-0.4, -0.2) is 70.4 Å². The number of rotatable bonds is 19. The molecule has 2 aromatic rings. The minimum atomic E-state index is -1.38. The number of nitrogens with one attached hydrogen (secondary N) is 3. The highest BCUT2D eigenvalue weighted by atomic mass is 127. The van der Waals surface area contributed by atoms with Gasteiger partial charge in [-0.2, -0.15) is 0 Å². The Bertz CT molecular complexity index is 1130. The highest BCUT2D eigenvalue weighted by Gasteiger charge is 2.22. The summed E-state index contributed by atoms with van der Waals surface area (Å²) < 4.78 is 1.17. The van der Waals surface area contributed by atoms with Crippen LogP contribution < -0.4 is 16.0 Å². The van der Waals surface area contributed by atoms with E-state index in [0.29, 0.717) is 45.1 Å². The first-order chi connectivity index (χ1) is 20.0. The molecule has 0 unspecified atom stereocenters. The molecule has 228 valence electrons. The van der Waals surface area contributed by atoms with Crippen molar-refractivity contribution in [2.45, 2.75) is 70.6 Å².